The lowest BCUT2D eigenvalue weighted by molar-refractivity contribution is -0.145. The number of amides is 1. The fraction of sp³-hybridized carbons (Fsp3) is 0.444. The Kier molecular flexibility index (Phi) is 5.16. The van der Waals surface area contributed by atoms with Gasteiger partial charge in [0.05, 0.1) is 30.9 Å². The molecule has 1 aliphatic rings. The van der Waals surface area contributed by atoms with Gasteiger partial charge in [-0.25, -0.2) is 4.98 Å². The molecule has 1 amide bonds. The quantitative estimate of drug-likeness (QED) is 0.835. The lowest BCUT2D eigenvalue weighted by atomic mass is 10.0. The number of rotatable bonds is 5. The lowest BCUT2D eigenvalue weighted by Crippen LogP contribution is -2.55. The van der Waals surface area contributed by atoms with Gasteiger partial charge in [0.15, 0.2) is 0 Å². The van der Waals surface area contributed by atoms with Crippen LogP contribution in [0.2, 0.25) is 0 Å². The Labute approximate surface area is 146 Å². The van der Waals surface area contributed by atoms with Crippen LogP contribution >= 0.6 is 11.3 Å². The van der Waals surface area contributed by atoms with E-state index in [1.54, 1.807) is 0 Å². The van der Waals surface area contributed by atoms with Gasteiger partial charge in [0.1, 0.15) is 17.4 Å². The number of benzene rings is 1. The van der Waals surface area contributed by atoms with Gasteiger partial charge in [0, 0.05) is 11.9 Å². The van der Waals surface area contributed by atoms with E-state index in [0.717, 1.165) is 16.5 Å². The van der Waals surface area contributed by atoms with Crippen molar-refractivity contribution in [3.05, 3.63) is 46.4 Å². The second-order valence-corrected chi connectivity index (χ2v) is 7.36. The second kappa shape index (κ2) is 7.32. The third kappa shape index (κ3) is 4.13. The molecule has 5 nitrogen and oxygen atoms in total. The zero-order valence-electron chi connectivity index (χ0n) is 14.0. The molecule has 2 heterocycles. The van der Waals surface area contributed by atoms with Gasteiger partial charge in [0.2, 0.25) is 5.91 Å². The number of carbonyl (C=O) groups is 1. The van der Waals surface area contributed by atoms with E-state index in [-0.39, 0.29) is 11.4 Å². The predicted molar refractivity (Wildman–Crippen MR) is 93.2 cm³/mol. The Morgan fingerprint density at radius 1 is 1.38 bits per heavy atom. The van der Waals surface area contributed by atoms with Crippen LogP contribution in [-0.2, 0) is 22.6 Å². The Bertz CT molecular complexity index is 685. The fourth-order valence-corrected chi connectivity index (χ4v) is 3.43. The van der Waals surface area contributed by atoms with Crippen molar-refractivity contribution in [1.29, 1.82) is 0 Å². The normalized spacial score (nSPS) is 16.8. The first kappa shape index (κ1) is 16.9. The topological polar surface area (TPSA) is 51.7 Å². The summed E-state index contributed by atoms with van der Waals surface area (Å²) in [5, 5.41) is 2.82. The number of nitrogens with zero attached hydrogens (tertiary/aromatic N) is 2. The summed E-state index contributed by atoms with van der Waals surface area (Å²) in [7, 11) is 0. The maximum Gasteiger partial charge on any atom is 0.229 e. The summed E-state index contributed by atoms with van der Waals surface area (Å²) in [5.74, 6) is 0.921. The number of thiazole rings is 1. The molecule has 6 heteroatoms. The van der Waals surface area contributed by atoms with Crippen LogP contribution in [0.25, 0.3) is 0 Å². The van der Waals surface area contributed by atoms with Crippen molar-refractivity contribution in [2.75, 3.05) is 19.8 Å². The Balaban J connectivity index is 1.56. The van der Waals surface area contributed by atoms with Crippen LogP contribution in [0.5, 0.6) is 5.75 Å². The molecule has 3 rings (SSSR count). The van der Waals surface area contributed by atoms with Crippen LogP contribution < -0.4 is 4.74 Å². The number of aromatic nitrogens is 1. The third-order valence-electron chi connectivity index (χ3n) is 3.98. The SMILES string of the molecule is CC1(C)COCCN1C(=O)Cc1csc(COc2ccccc2)n1. The van der Waals surface area contributed by atoms with Crippen molar-refractivity contribution in [2.24, 2.45) is 0 Å². The smallest absolute Gasteiger partial charge is 0.229 e. The Morgan fingerprint density at radius 3 is 2.92 bits per heavy atom. The molecule has 1 aliphatic heterocycles. The number of para-hydroxylation sites is 1. The Morgan fingerprint density at radius 2 is 2.17 bits per heavy atom. The lowest BCUT2D eigenvalue weighted by Gasteiger charge is -2.42. The number of hydrogen-bond acceptors (Lipinski definition) is 5. The summed E-state index contributed by atoms with van der Waals surface area (Å²) in [5.41, 5.74) is 0.545. The minimum atomic E-state index is -0.259. The minimum absolute atomic E-state index is 0.101. The van der Waals surface area contributed by atoms with E-state index in [1.807, 2.05) is 54.5 Å². The zero-order chi connectivity index (χ0) is 17.0. The number of ether oxygens (including phenoxy) is 2. The molecule has 24 heavy (non-hydrogen) atoms. The highest BCUT2D eigenvalue weighted by Crippen LogP contribution is 2.21. The van der Waals surface area contributed by atoms with Crippen molar-refractivity contribution < 1.29 is 14.3 Å². The highest BCUT2D eigenvalue weighted by molar-refractivity contribution is 7.09. The first-order valence-corrected chi connectivity index (χ1v) is 8.92. The van der Waals surface area contributed by atoms with Crippen molar-refractivity contribution in [3.63, 3.8) is 0 Å². The maximum absolute atomic E-state index is 12.6. The Hall–Kier alpha value is -1.92. The first-order chi connectivity index (χ1) is 11.5. The largest absolute Gasteiger partial charge is 0.486 e. The van der Waals surface area contributed by atoms with Crippen molar-refractivity contribution in [2.45, 2.75) is 32.4 Å². The van der Waals surface area contributed by atoms with Crippen LogP contribution in [0.3, 0.4) is 0 Å². The van der Waals surface area contributed by atoms with E-state index in [0.29, 0.717) is 32.8 Å². The van der Waals surface area contributed by atoms with Gasteiger partial charge in [-0.2, -0.15) is 0 Å². The average Bonchev–Trinajstić information content (AvgIpc) is 3.01. The molecule has 0 unspecified atom stereocenters. The van der Waals surface area contributed by atoms with Gasteiger partial charge in [-0.3, -0.25) is 4.79 Å². The monoisotopic (exact) mass is 346 g/mol. The van der Waals surface area contributed by atoms with Gasteiger partial charge in [0.25, 0.3) is 0 Å². The van der Waals surface area contributed by atoms with Crippen LogP contribution in [0, 0.1) is 0 Å². The van der Waals surface area contributed by atoms with E-state index in [4.69, 9.17) is 9.47 Å². The molecule has 0 bridgehead atoms. The van der Waals surface area contributed by atoms with Crippen LogP contribution in [0.1, 0.15) is 24.5 Å². The van der Waals surface area contributed by atoms with E-state index in [1.165, 1.54) is 11.3 Å². The zero-order valence-corrected chi connectivity index (χ0v) is 14.8. The minimum Gasteiger partial charge on any atom is -0.486 e. The number of hydrogen-bond donors (Lipinski definition) is 0. The van der Waals surface area contributed by atoms with E-state index in [2.05, 4.69) is 4.98 Å². The summed E-state index contributed by atoms with van der Waals surface area (Å²) < 4.78 is 11.2. The van der Waals surface area contributed by atoms with Gasteiger partial charge >= 0.3 is 0 Å². The van der Waals surface area contributed by atoms with E-state index in [9.17, 15) is 4.79 Å². The molecular formula is C18H22N2O3S. The molecule has 0 radical (unpaired) electrons. The summed E-state index contributed by atoms with van der Waals surface area (Å²) in [6.07, 6.45) is 0.325. The van der Waals surface area contributed by atoms with Crippen LogP contribution in [-0.4, -0.2) is 41.1 Å². The molecule has 0 spiro atoms. The maximum atomic E-state index is 12.6. The summed E-state index contributed by atoms with van der Waals surface area (Å²) >= 11 is 1.53. The molecule has 1 aromatic heterocycles. The molecule has 128 valence electrons. The van der Waals surface area contributed by atoms with Crippen molar-refractivity contribution >= 4 is 17.2 Å². The van der Waals surface area contributed by atoms with Gasteiger partial charge in [-0.05, 0) is 26.0 Å². The van der Waals surface area contributed by atoms with Gasteiger partial charge < -0.3 is 14.4 Å². The second-order valence-electron chi connectivity index (χ2n) is 6.42. The summed E-state index contributed by atoms with van der Waals surface area (Å²) in [6.45, 7) is 6.30. The van der Waals surface area contributed by atoms with Gasteiger partial charge in [-0.15, -0.1) is 11.3 Å². The molecule has 0 saturated carbocycles. The molecular weight excluding hydrogens is 324 g/mol. The molecule has 0 atom stereocenters. The van der Waals surface area contributed by atoms with Crippen LogP contribution in [0.15, 0.2) is 35.7 Å². The molecule has 1 fully saturated rings. The van der Waals surface area contributed by atoms with Gasteiger partial charge in [-0.1, -0.05) is 18.2 Å². The highest BCUT2D eigenvalue weighted by Gasteiger charge is 2.34. The fourth-order valence-electron chi connectivity index (χ4n) is 2.73. The van der Waals surface area contributed by atoms with Crippen LogP contribution in [0.4, 0.5) is 0 Å². The number of carbonyl (C=O) groups excluding carboxylic acids is 1. The molecule has 0 aliphatic carbocycles. The van der Waals surface area contributed by atoms with E-state index >= 15 is 0 Å². The van der Waals surface area contributed by atoms with Crippen molar-refractivity contribution in [1.82, 2.24) is 9.88 Å². The summed E-state index contributed by atoms with van der Waals surface area (Å²) in [6, 6.07) is 9.65. The summed E-state index contributed by atoms with van der Waals surface area (Å²) in [4.78, 5) is 19.0. The average molecular weight is 346 g/mol. The number of morpholine rings is 1. The highest BCUT2D eigenvalue weighted by atomic mass is 32.1. The predicted octanol–water partition coefficient (Wildman–Crippen LogP) is 2.90. The molecule has 1 saturated heterocycles. The van der Waals surface area contributed by atoms with Crippen molar-refractivity contribution in [3.8, 4) is 5.75 Å². The third-order valence-corrected chi connectivity index (χ3v) is 4.85. The molecule has 2 aromatic rings. The van der Waals surface area contributed by atoms with E-state index < -0.39 is 0 Å². The first-order valence-electron chi connectivity index (χ1n) is 8.04. The standard InChI is InChI=1S/C18H22N2O3S/c1-18(2)13-22-9-8-20(18)17(21)10-14-12-24-16(19-14)11-23-15-6-4-3-5-7-15/h3-7,12H,8-11,13H2,1-2H3. The molecule has 0 N–H and O–H groups in total. The molecule has 1 aromatic carbocycles.